The van der Waals surface area contributed by atoms with Crippen LogP contribution in [0.15, 0.2) is 29.2 Å². The normalized spacial score (nSPS) is 22.0. The third-order valence-corrected chi connectivity index (χ3v) is 5.70. The molecular formula is C16H21ClF3N3OS. The van der Waals surface area contributed by atoms with Gasteiger partial charge in [0.2, 0.25) is 5.91 Å². The first kappa shape index (κ1) is 20.4. The molecule has 0 bridgehead atoms. The summed E-state index contributed by atoms with van der Waals surface area (Å²) in [6.07, 6.45) is -3.78. The molecule has 4 nitrogen and oxygen atoms in total. The Hall–Kier alpha value is -0.960. The molecule has 2 aliphatic heterocycles. The number of carbonyl (C=O) groups excluding carboxylic acids is 1. The highest BCUT2D eigenvalue weighted by Crippen LogP contribution is 2.36. The van der Waals surface area contributed by atoms with Crippen LogP contribution in [0.1, 0.15) is 5.56 Å². The summed E-state index contributed by atoms with van der Waals surface area (Å²) in [6, 6.07) is 6.07. The van der Waals surface area contributed by atoms with Crippen molar-refractivity contribution in [2.24, 2.45) is 0 Å². The van der Waals surface area contributed by atoms with Crippen LogP contribution in [0.25, 0.3) is 0 Å². The molecule has 1 amide bonds. The van der Waals surface area contributed by atoms with E-state index >= 15 is 0 Å². The van der Waals surface area contributed by atoms with E-state index in [1.165, 1.54) is 16.7 Å². The standard InChI is InChI=1S/C16H20F3N3OS.ClH/c17-16(18,19)14(22-7-5-20-6-8-22)10-21-15(23)13-9-11-3-1-2-4-12(11)24-13;/h1-4,13-14,20H,5-10H2,(H,21,23);1H. The Morgan fingerprint density at radius 1 is 1.32 bits per heavy atom. The third kappa shape index (κ3) is 5.03. The molecule has 25 heavy (non-hydrogen) atoms. The molecule has 2 aliphatic rings. The predicted molar refractivity (Wildman–Crippen MR) is 94.3 cm³/mol. The number of hydrogen-bond acceptors (Lipinski definition) is 4. The van der Waals surface area contributed by atoms with Crippen LogP contribution in [0.3, 0.4) is 0 Å². The van der Waals surface area contributed by atoms with Gasteiger partial charge in [0, 0.05) is 37.6 Å². The van der Waals surface area contributed by atoms with E-state index in [2.05, 4.69) is 10.6 Å². The molecule has 0 aromatic heterocycles. The summed E-state index contributed by atoms with van der Waals surface area (Å²) in [5, 5.41) is 5.21. The second-order valence-corrected chi connectivity index (χ2v) is 7.25. The van der Waals surface area contributed by atoms with Gasteiger partial charge in [0.1, 0.15) is 6.04 Å². The lowest BCUT2D eigenvalue weighted by atomic mass is 10.1. The van der Waals surface area contributed by atoms with Gasteiger partial charge in [-0.1, -0.05) is 18.2 Å². The first-order valence-electron chi connectivity index (χ1n) is 7.99. The van der Waals surface area contributed by atoms with Crippen molar-refractivity contribution in [3.63, 3.8) is 0 Å². The minimum Gasteiger partial charge on any atom is -0.353 e. The van der Waals surface area contributed by atoms with Crippen molar-refractivity contribution in [3.8, 4) is 0 Å². The van der Waals surface area contributed by atoms with E-state index in [0.29, 0.717) is 32.6 Å². The summed E-state index contributed by atoms with van der Waals surface area (Å²) < 4.78 is 40.0. The average molecular weight is 396 g/mol. The largest absolute Gasteiger partial charge is 0.405 e. The molecule has 0 spiro atoms. The number of carbonyl (C=O) groups is 1. The smallest absolute Gasteiger partial charge is 0.353 e. The van der Waals surface area contributed by atoms with Gasteiger partial charge in [-0.2, -0.15) is 13.2 Å². The second-order valence-electron chi connectivity index (χ2n) is 6.01. The Morgan fingerprint density at radius 2 is 2.00 bits per heavy atom. The van der Waals surface area contributed by atoms with Gasteiger partial charge >= 0.3 is 6.18 Å². The van der Waals surface area contributed by atoms with Crippen molar-refractivity contribution in [2.75, 3.05) is 32.7 Å². The zero-order valence-corrected chi connectivity index (χ0v) is 15.1. The first-order chi connectivity index (χ1) is 11.4. The van der Waals surface area contributed by atoms with Gasteiger partial charge in [-0.25, -0.2) is 0 Å². The Bertz CT molecular complexity index is 571. The SMILES string of the molecule is Cl.O=C(NCC(N1CCNCC1)C(F)(F)F)C1Cc2ccccc2S1. The third-order valence-electron chi connectivity index (χ3n) is 4.38. The molecule has 0 radical (unpaired) electrons. The fourth-order valence-corrected chi connectivity index (χ4v) is 4.30. The summed E-state index contributed by atoms with van der Waals surface area (Å²) in [4.78, 5) is 14.7. The molecule has 1 fully saturated rings. The summed E-state index contributed by atoms with van der Waals surface area (Å²) in [5.41, 5.74) is 1.08. The van der Waals surface area contributed by atoms with Crippen LogP contribution in [0.5, 0.6) is 0 Å². The van der Waals surface area contributed by atoms with Crippen molar-refractivity contribution in [1.29, 1.82) is 0 Å². The van der Waals surface area contributed by atoms with Crippen LogP contribution < -0.4 is 10.6 Å². The van der Waals surface area contributed by atoms with Gasteiger partial charge in [-0.05, 0) is 18.1 Å². The van der Waals surface area contributed by atoms with Gasteiger partial charge in [-0.3, -0.25) is 9.69 Å². The maximum Gasteiger partial charge on any atom is 0.405 e. The van der Waals surface area contributed by atoms with Crippen LogP contribution in [0.2, 0.25) is 0 Å². The van der Waals surface area contributed by atoms with Gasteiger partial charge in [0.05, 0.1) is 5.25 Å². The highest BCUT2D eigenvalue weighted by molar-refractivity contribution is 8.01. The number of amides is 1. The second kappa shape index (κ2) is 8.62. The van der Waals surface area contributed by atoms with E-state index in [1.807, 2.05) is 24.3 Å². The molecule has 2 heterocycles. The minimum absolute atomic E-state index is 0. The van der Waals surface area contributed by atoms with Crippen molar-refractivity contribution in [3.05, 3.63) is 29.8 Å². The highest BCUT2D eigenvalue weighted by Gasteiger charge is 2.44. The predicted octanol–water partition coefficient (Wildman–Crippen LogP) is 2.08. The van der Waals surface area contributed by atoms with E-state index in [0.717, 1.165) is 10.5 Å². The minimum atomic E-state index is -4.35. The Morgan fingerprint density at radius 3 is 2.64 bits per heavy atom. The Balaban J connectivity index is 0.00000225. The molecule has 1 aromatic rings. The van der Waals surface area contributed by atoms with Crippen LogP contribution >= 0.6 is 24.2 Å². The molecule has 0 aliphatic carbocycles. The lowest BCUT2D eigenvalue weighted by molar-refractivity contribution is -0.184. The number of fused-ring (bicyclic) bond motifs is 1. The lowest BCUT2D eigenvalue weighted by Gasteiger charge is -2.36. The quantitative estimate of drug-likeness (QED) is 0.819. The summed E-state index contributed by atoms with van der Waals surface area (Å²) in [5.74, 6) is -0.319. The zero-order chi connectivity index (χ0) is 17.2. The fraction of sp³-hybridized carbons (Fsp3) is 0.562. The number of nitrogens with zero attached hydrogens (tertiary/aromatic N) is 1. The van der Waals surface area contributed by atoms with Gasteiger partial charge in [0.15, 0.2) is 0 Å². The van der Waals surface area contributed by atoms with E-state index in [4.69, 9.17) is 0 Å². The number of nitrogens with one attached hydrogen (secondary N) is 2. The molecule has 9 heteroatoms. The van der Waals surface area contributed by atoms with Gasteiger partial charge < -0.3 is 10.6 Å². The molecule has 3 rings (SSSR count). The fourth-order valence-electron chi connectivity index (χ4n) is 3.09. The first-order valence-corrected chi connectivity index (χ1v) is 8.87. The number of benzene rings is 1. The highest BCUT2D eigenvalue weighted by atomic mass is 35.5. The maximum absolute atomic E-state index is 13.3. The average Bonchev–Trinajstić information content (AvgIpc) is 2.99. The monoisotopic (exact) mass is 395 g/mol. The van der Waals surface area contributed by atoms with E-state index in [-0.39, 0.29) is 23.6 Å². The molecule has 0 saturated carbocycles. The summed E-state index contributed by atoms with van der Waals surface area (Å²) in [6.45, 7) is 1.35. The zero-order valence-electron chi connectivity index (χ0n) is 13.5. The summed E-state index contributed by atoms with van der Waals surface area (Å²) in [7, 11) is 0. The van der Waals surface area contributed by atoms with E-state index < -0.39 is 18.8 Å². The number of piperazine rings is 1. The number of thioether (sulfide) groups is 1. The molecule has 2 atom stereocenters. The number of hydrogen-bond donors (Lipinski definition) is 2. The molecule has 2 N–H and O–H groups in total. The van der Waals surface area contributed by atoms with Crippen molar-refractivity contribution < 1.29 is 18.0 Å². The van der Waals surface area contributed by atoms with E-state index in [1.54, 1.807) is 0 Å². The molecular weight excluding hydrogens is 375 g/mol. The number of halogens is 4. The number of alkyl halides is 3. The van der Waals surface area contributed by atoms with Gasteiger partial charge in [-0.15, -0.1) is 24.2 Å². The number of rotatable bonds is 4. The Labute approximate surface area is 155 Å². The Kier molecular flexibility index (Phi) is 7.01. The van der Waals surface area contributed by atoms with Crippen molar-refractivity contribution in [1.82, 2.24) is 15.5 Å². The summed E-state index contributed by atoms with van der Waals surface area (Å²) >= 11 is 1.42. The topological polar surface area (TPSA) is 44.4 Å². The molecule has 1 aromatic carbocycles. The van der Waals surface area contributed by atoms with Crippen LogP contribution in [0, 0.1) is 0 Å². The van der Waals surface area contributed by atoms with Crippen molar-refractivity contribution >= 4 is 30.1 Å². The molecule has 1 saturated heterocycles. The molecule has 2 unspecified atom stereocenters. The van der Waals surface area contributed by atoms with E-state index in [9.17, 15) is 18.0 Å². The van der Waals surface area contributed by atoms with Crippen LogP contribution in [-0.4, -0.2) is 61.0 Å². The van der Waals surface area contributed by atoms with Crippen LogP contribution in [0.4, 0.5) is 13.2 Å². The van der Waals surface area contributed by atoms with Gasteiger partial charge in [0.25, 0.3) is 0 Å². The molecule has 140 valence electrons. The maximum atomic E-state index is 13.3. The van der Waals surface area contributed by atoms with Crippen LogP contribution in [-0.2, 0) is 11.2 Å². The van der Waals surface area contributed by atoms with Crippen molar-refractivity contribution in [2.45, 2.75) is 28.8 Å². The lowest BCUT2D eigenvalue weighted by Crippen LogP contribution is -2.58.